The van der Waals surface area contributed by atoms with Gasteiger partial charge in [0.2, 0.25) is 0 Å². The Kier molecular flexibility index (Phi) is 3.91. The summed E-state index contributed by atoms with van der Waals surface area (Å²) in [6.07, 6.45) is 0.618. The number of hydrogen-bond donors (Lipinski definition) is 2. The normalized spacial score (nSPS) is 9.79. The largest absolute Gasteiger partial charge is 0.465 e. The molecule has 1 aromatic rings. The molecular formula is C10H14N2O2. The number of nitrogens with zero attached hydrogens (tertiary/aromatic N) is 1. The van der Waals surface area contributed by atoms with Crippen LogP contribution in [0.2, 0.25) is 0 Å². The standard InChI is InChI=1S/C10H14N2O2/c1-8-4-2-5-9(12-8)6-3-7-11-10(13)14/h2,4-5,11H,3,6-7H2,1H3,(H,13,14). The van der Waals surface area contributed by atoms with Gasteiger partial charge in [-0.1, -0.05) is 6.07 Å². The fraction of sp³-hybridized carbons (Fsp3) is 0.400. The first-order valence-corrected chi connectivity index (χ1v) is 4.58. The maximum Gasteiger partial charge on any atom is 0.404 e. The van der Waals surface area contributed by atoms with Crippen LogP contribution in [-0.4, -0.2) is 22.7 Å². The van der Waals surface area contributed by atoms with Gasteiger partial charge in [0.05, 0.1) is 0 Å². The summed E-state index contributed by atoms with van der Waals surface area (Å²) in [5, 5.41) is 10.6. The Labute approximate surface area is 83.0 Å². The number of rotatable bonds is 4. The molecule has 0 radical (unpaired) electrons. The molecule has 4 heteroatoms. The van der Waals surface area contributed by atoms with E-state index >= 15 is 0 Å². The van der Waals surface area contributed by atoms with Crippen LogP contribution in [-0.2, 0) is 6.42 Å². The lowest BCUT2D eigenvalue weighted by molar-refractivity contribution is 0.194. The van der Waals surface area contributed by atoms with Gasteiger partial charge in [-0.15, -0.1) is 0 Å². The molecule has 0 aliphatic rings. The number of aryl methyl sites for hydroxylation is 2. The predicted octanol–water partition coefficient (Wildman–Crippen LogP) is 1.59. The summed E-state index contributed by atoms with van der Waals surface area (Å²) in [5.74, 6) is 0. The number of carboxylic acid groups (broad SMARTS) is 1. The van der Waals surface area contributed by atoms with Gasteiger partial charge in [-0.3, -0.25) is 4.98 Å². The summed E-state index contributed by atoms with van der Waals surface area (Å²) < 4.78 is 0. The third-order valence-corrected chi connectivity index (χ3v) is 1.83. The predicted molar refractivity (Wildman–Crippen MR) is 53.3 cm³/mol. The van der Waals surface area contributed by atoms with Gasteiger partial charge in [0.1, 0.15) is 0 Å². The lowest BCUT2D eigenvalue weighted by Gasteiger charge is -2.01. The van der Waals surface area contributed by atoms with E-state index in [2.05, 4.69) is 10.3 Å². The Morgan fingerprint density at radius 1 is 1.57 bits per heavy atom. The zero-order valence-corrected chi connectivity index (χ0v) is 8.16. The summed E-state index contributed by atoms with van der Waals surface area (Å²) in [6, 6.07) is 5.86. The monoisotopic (exact) mass is 194 g/mol. The number of nitrogens with one attached hydrogen (secondary N) is 1. The van der Waals surface area contributed by atoms with E-state index in [1.165, 1.54) is 0 Å². The maximum absolute atomic E-state index is 10.1. The summed E-state index contributed by atoms with van der Waals surface area (Å²) in [7, 11) is 0. The minimum Gasteiger partial charge on any atom is -0.465 e. The van der Waals surface area contributed by atoms with Crippen LogP contribution >= 0.6 is 0 Å². The Balaban J connectivity index is 2.28. The Morgan fingerprint density at radius 3 is 3.00 bits per heavy atom. The van der Waals surface area contributed by atoms with Gasteiger partial charge >= 0.3 is 6.09 Å². The molecule has 1 amide bonds. The molecule has 1 aromatic heterocycles. The zero-order valence-electron chi connectivity index (χ0n) is 8.16. The van der Waals surface area contributed by atoms with Crippen molar-refractivity contribution in [3.8, 4) is 0 Å². The molecule has 0 aromatic carbocycles. The molecule has 0 aliphatic heterocycles. The first-order valence-electron chi connectivity index (χ1n) is 4.58. The summed E-state index contributed by atoms with van der Waals surface area (Å²) in [4.78, 5) is 14.5. The van der Waals surface area contributed by atoms with Gasteiger partial charge in [-0.05, 0) is 31.9 Å². The smallest absolute Gasteiger partial charge is 0.404 e. The second-order valence-corrected chi connectivity index (χ2v) is 3.11. The number of pyridine rings is 1. The van der Waals surface area contributed by atoms with Gasteiger partial charge in [-0.25, -0.2) is 4.79 Å². The molecule has 76 valence electrons. The van der Waals surface area contributed by atoms with Gasteiger partial charge in [0, 0.05) is 17.9 Å². The van der Waals surface area contributed by atoms with Crippen molar-refractivity contribution in [2.45, 2.75) is 19.8 Å². The van der Waals surface area contributed by atoms with Crippen LogP contribution < -0.4 is 5.32 Å². The molecule has 0 bridgehead atoms. The molecule has 0 saturated heterocycles. The molecular weight excluding hydrogens is 180 g/mol. The van der Waals surface area contributed by atoms with Gasteiger partial charge in [-0.2, -0.15) is 0 Å². The van der Waals surface area contributed by atoms with E-state index in [4.69, 9.17) is 5.11 Å². The second kappa shape index (κ2) is 5.21. The molecule has 0 aliphatic carbocycles. The van der Waals surface area contributed by atoms with Crippen LogP contribution in [0.3, 0.4) is 0 Å². The van der Waals surface area contributed by atoms with Crippen LogP contribution in [0.25, 0.3) is 0 Å². The average molecular weight is 194 g/mol. The molecule has 1 heterocycles. The van der Waals surface area contributed by atoms with E-state index in [9.17, 15) is 4.79 Å². The SMILES string of the molecule is Cc1cccc(CCCNC(=O)O)n1. The van der Waals surface area contributed by atoms with Crippen molar-refractivity contribution in [3.05, 3.63) is 29.6 Å². The molecule has 0 atom stereocenters. The van der Waals surface area contributed by atoms with Crippen molar-refractivity contribution in [1.29, 1.82) is 0 Å². The third-order valence-electron chi connectivity index (χ3n) is 1.83. The highest BCUT2D eigenvalue weighted by molar-refractivity contribution is 5.64. The highest BCUT2D eigenvalue weighted by Crippen LogP contribution is 2.00. The Morgan fingerprint density at radius 2 is 2.36 bits per heavy atom. The molecule has 1 rings (SSSR count). The fourth-order valence-corrected chi connectivity index (χ4v) is 1.20. The summed E-state index contributed by atoms with van der Waals surface area (Å²) >= 11 is 0. The highest BCUT2D eigenvalue weighted by Gasteiger charge is 1.96. The van der Waals surface area contributed by atoms with Crippen molar-refractivity contribution in [1.82, 2.24) is 10.3 Å². The molecule has 2 N–H and O–H groups in total. The zero-order chi connectivity index (χ0) is 10.4. The molecule has 4 nitrogen and oxygen atoms in total. The second-order valence-electron chi connectivity index (χ2n) is 3.11. The lowest BCUT2D eigenvalue weighted by atomic mass is 10.2. The minimum atomic E-state index is -0.970. The average Bonchev–Trinajstić information content (AvgIpc) is 2.12. The van der Waals surface area contributed by atoms with E-state index in [-0.39, 0.29) is 0 Å². The first kappa shape index (κ1) is 10.5. The van der Waals surface area contributed by atoms with Crippen LogP contribution in [0.1, 0.15) is 17.8 Å². The Bertz CT molecular complexity index is 313. The quantitative estimate of drug-likeness (QED) is 0.715. The van der Waals surface area contributed by atoms with Crippen molar-refractivity contribution >= 4 is 6.09 Å². The molecule has 0 spiro atoms. The van der Waals surface area contributed by atoms with E-state index in [0.29, 0.717) is 6.54 Å². The van der Waals surface area contributed by atoms with Crippen LogP contribution in [0.5, 0.6) is 0 Å². The molecule has 0 saturated carbocycles. The van der Waals surface area contributed by atoms with Gasteiger partial charge < -0.3 is 10.4 Å². The summed E-state index contributed by atoms with van der Waals surface area (Å²) in [6.45, 7) is 2.42. The van der Waals surface area contributed by atoms with Gasteiger partial charge in [0.15, 0.2) is 0 Å². The van der Waals surface area contributed by atoms with E-state index in [1.807, 2.05) is 25.1 Å². The van der Waals surface area contributed by atoms with Gasteiger partial charge in [0.25, 0.3) is 0 Å². The molecule has 14 heavy (non-hydrogen) atoms. The fourth-order valence-electron chi connectivity index (χ4n) is 1.20. The van der Waals surface area contributed by atoms with Crippen LogP contribution in [0.15, 0.2) is 18.2 Å². The first-order chi connectivity index (χ1) is 6.68. The minimum absolute atomic E-state index is 0.477. The van der Waals surface area contributed by atoms with Crippen molar-refractivity contribution in [3.63, 3.8) is 0 Å². The van der Waals surface area contributed by atoms with E-state index in [1.54, 1.807) is 0 Å². The number of carbonyl (C=O) groups is 1. The van der Waals surface area contributed by atoms with Crippen molar-refractivity contribution in [2.75, 3.05) is 6.54 Å². The molecule has 0 unspecified atom stereocenters. The van der Waals surface area contributed by atoms with Crippen molar-refractivity contribution in [2.24, 2.45) is 0 Å². The number of hydrogen-bond acceptors (Lipinski definition) is 2. The van der Waals surface area contributed by atoms with Crippen LogP contribution in [0, 0.1) is 6.92 Å². The number of aromatic nitrogens is 1. The topological polar surface area (TPSA) is 62.2 Å². The van der Waals surface area contributed by atoms with E-state index < -0.39 is 6.09 Å². The Hall–Kier alpha value is -1.58. The number of amides is 1. The lowest BCUT2D eigenvalue weighted by Crippen LogP contribution is -2.22. The van der Waals surface area contributed by atoms with Crippen LogP contribution in [0.4, 0.5) is 4.79 Å². The highest BCUT2D eigenvalue weighted by atomic mass is 16.4. The molecule has 0 fully saturated rings. The van der Waals surface area contributed by atoms with Crippen molar-refractivity contribution < 1.29 is 9.90 Å². The maximum atomic E-state index is 10.1. The van der Waals surface area contributed by atoms with E-state index in [0.717, 1.165) is 24.2 Å². The third kappa shape index (κ3) is 3.89. The summed E-state index contributed by atoms with van der Waals surface area (Å²) in [5.41, 5.74) is 2.01.